The molecule has 0 heteroatoms. The maximum absolute atomic E-state index is 2.49. The molecule has 0 nitrogen and oxygen atoms in total. The lowest BCUT2D eigenvalue weighted by molar-refractivity contribution is 0.0727. The van der Waals surface area contributed by atoms with Gasteiger partial charge in [0, 0.05) is 0 Å². The van der Waals surface area contributed by atoms with Gasteiger partial charge in [-0.25, -0.2) is 0 Å². The topological polar surface area (TPSA) is 0 Å². The molecule has 0 heterocycles. The minimum Gasteiger partial charge on any atom is -0.0815 e. The molecule has 0 fully saturated rings. The van der Waals surface area contributed by atoms with Gasteiger partial charge in [0.25, 0.3) is 0 Å². The van der Waals surface area contributed by atoms with E-state index in [0.29, 0.717) is 21.7 Å². The first-order valence-electron chi connectivity index (χ1n) is 6.62. The average Bonchev–Trinajstić information content (AvgIpc) is 2.07. The van der Waals surface area contributed by atoms with Crippen LogP contribution in [0.4, 0.5) is 0 Å². The van der Waals surface area contributed by atoms with Gasteiger partial charge in [-0.2, -0.15) is 0 Å². The Kier molecular flexibility index (Phi) is 3.12. The molecule has 0 aliphatic heterocycles. The summed E-state index contributed by atoms with van der Waals surface area (Å²) in [6.45, 7) is 19.0. The quantitative estimate of drug-likeness (QED) is 0.479. The predicted octanol–water partition coefficient (Wildman–Crippen LogP) is 5.44. The number of allylic oxidation sites excluding steroid dienone is 2. The standard InChI is InChI=1S/C16H30/c1-13(2,3)15(7)9-11-16(8,12-10-15)14(4,5)6/h9,11H,10,12H2,1-8H3. The third kappa shape index (κ3) is 2.21. The molecule has 0 radical (unpaired) electrons. The van der Waals surface area contributed by atoms with Crippen LogP contribution in [0.2, 0.25) is 0 Å². The molecule has 2 unspecified atom stereocenters. The van der Waals surface area contributed by atoms with E-state index in [1.165, 1.54) is 12.8 Å². The third-order valence-electron chi connectivity index (χ3n) is 5.41. The maximum atomic E-state index is 2.49. The van der Waals surface area contributed by atoms with E-state index in [-0.39, 0.29) is 0 Å². The fourth-order valence-electron chi connectivity index (χ4n) is 2.30. The van der Waals surface area contributed by atoms with E-state index in [4.69, 9.17) is 0 Å². The van der Waals surface area contributed by atoms with Crippen molar-refractivity contribution in [2.45, 2.75) is 68.2 Å². The lowest BCUT2D eigenvalue weighted by atomic mass is 9.55. The van der Waals surface area contributed by atoms with Crippen molar-refractivity contribution >= 4 is 0 Å². The molecule has 0 spiro atoms. The Balaban J connectivity index is 3.00. The monoisotopic (exact) mass is 222 g/mol. The Bertz CT molecular complexity index is 254. The van der Waals surface area contributed by atoms with E-state index >= 15 is 0 Å². The van der Waals surface area contributed by atoms with Crippen LogP contribution in [0.25, 0.3) is 0 Å². The molecule has 1 aliphatic rings. The number of rotatable bonds is 0. The van der Waals surface area contributed by atoms with Gasteiger partial charge in [-0.05, 0) is 34.5 Å². The van der Waals surface area contributed by atoms with Gasteiger partial charge < -0.3 is 0 Å². The summed E-state index contributed by atoms with van der Waals surface area (Å²) in [6, 6.07) is 0. The molecule has 0 N–H and O–H groups in total. The van der Waals surface area contributed by atoms with E-state index in [1.54, 1.807) is 0 Å². The van der Waals surface area contributed by atoms with Crippen molar-refractivity contribution in [3.63, 3.8) is 0 Å². The van der Waals surface area contributed by atoms with Crippen molar-refractivity contribution in [1.29, 1.82) is 0 Å². The van der Waals surface area contributed by atoms with Gasteiger partial charge in [-0.3, -0.25) is 0 Å². The van der Waals surface area contributed by atoms with E-state index in [0.717, 1.165) is 0 Å². The van der Waals surface area contributed by atoms with Gasteiger partial charge >= 0.3 is 0 Å². The average molecular weight is 222 g/mol. The van der Waals surface area contributed by atoms with E-state index in [2.05, 4.69) is 67.5 Å². The van der Waals surface area contributed by atoms with Crippen LogP contribution in [-0.2, 0) is 0 Å². The van der Waals surface area contributed by atoms with Crippen molar-refractivity contribution in [1.82, 2.24) is 0 Å². The molecule has 0 aromatic carbocycles. The zero-order valence-electron chi connectivity index (χ0n) is 12.6. The molecular formula is C16H30. The van der Waals surface area contributed by atoms with E-state index < -0.39 is 0 Å². The summed E-state index contributed by atoms with van der Waals surface area (Å²) in [5.41, 5.74) is 1.45. The molecule has 0 amide bonds. The smallest absolute Gasteiger partial charge is 0.00975 e. The van der Waals surface area contributed by atoms with Crippen molar-refractivity contribution in [2.75, 3.05) is 0 Å². The zero-order valence-corrected chi connectivity index (χ0v) is 12.6. The van der Waals surface area contributed by atoms with Crippen molar-refractivity contribution in [3.8, 4) is 0 Å². The van der Waals surface area contributed by atoms with Crippen LogP contribution in [-0.4, -0.2) is 0 Å². The summed E-state index contributed by atoms with van der Waals surface area (Å²) in [5.74, 6) is 0. The highest BCUT2D eigenvalue weighted by atomic mass is 14.5. The van der Waals surface area contributed by atoms with Gasteiger partial charge in [-0.1, -0.05) is 67.5 Å². The second-order valence-corrected chi connectivity index (χ2v) is 8.17. The summed E-state index contributed by atoms with van der Waals surface area (Å²) >= 11 is 0. The second-order valence-electron chi connectivity index (χ2n) is 8.17. The highest BCUT2D eigenvalue weighted by Gasteiger charge is 2.44. The Hall–Kier alpha value is -0.260. The number of hydrogen-bond donors (Lipinski definition) is 0. The van der Waals surface area contributed by atoms with Gasteiger partial charge in [0.15, 0.2) is 0 Å². The molecule has 0 saturated heterocycles. The lowest BCUT2D eigenvalue weighted by Crippen LogP contribution is -2.40. The minimum absolute atomic E-state index is 0.359. The SMILES string of the molecule is CC(C)(C)C1(C)C=CC(C)(C(C)(C)C)CC1. The molecular weight excluding hydrogens is 192 g/mol. The number of hydrogen-bond acceptors (Lipinski definition) is 0. The molecule has 1 aliphatic carbocycles. The van der Waals surface area contributed by atoms with E-state index in [1.807, 2.05) is 0 Å². The van der Waals surface area contributed by atoms with Gasteiger partial charge in [0.1, 0.15) is 0 Å². The van der Waals surface area contributed by atoms with Crippen LogP contribution in [0.5, 0.6) is 0 Å². The van der Waals surface area contributed by atoms with Crippen molar-refractivity contribution < 1.29 is 0 Å². The van der Waals surface area contributed by atoms with Crippen molar-refractivity contribution in [3.05, 3.63) is 12.2 Å². The van der Waals surface area contributed by atoms with Crippen LogP contribution in [0.15, 0.2) is 12.2 Å². The Morgan fingerprint density at radius 2 is 0.938 bits per heavy atom. The Labute approximate surface area is 103 Å². The maximum Gasteiger partial charge on any atom is -0.00975 e. The lowest BCUT2D eigenvalue weighted by Gasteiger charge is -2.50. The van der Waals surface area contributed by atoms with Crippen molar-refractivity contribution in [2.24, 2.45) is 21.7 Å². The summed E-state index contributed by atoms with van der Waals surface area (Å²) in [4.78, 5) is 0. The van der Waals surface area contributed by atoms with Gasteiger partial charge in [0.2, 0.25) is 0 Å². The first-order valence-corrected chi connectivity index (χ1v) is 6.62. The van der Waals surface area contributed by atoms with Crippen LogP contribution in [0, 0.1) is 21.7 Å². The normalized spacial score (nSPS) is 36.5. The Morgan fingerprint density at radius 1 is 0.688 bits per heavy atom. The van der Waals surface area contributed by atoms with E-state index in [9.17, 15) is 0 Å². The highest BCUT2D eigenvalue weighted by molar-refractivity contribution is 5.15. The molecule has 1 rings (SSSR count). The zero-order chi connectivity index (χ0) is 12.8. The van der Waals surface area contributed by atoms with Crippen LogP contribution < -0.4 is 0 Å². The molecule has 0 aromatic rings. The molecule has 2 atom stereocenters. The Morgan fingerprint density at radius 3 is 1.06 bits per heavy atom. The molecule has 94 valence electrons. The second kappa shape index (κ2) is 3.62. The van der Waals surface area contributed by atoms with Crippen LogP contribution >= 0.6 is 0 Å². The third-order valence-corrected chi connectivity index (χ3v) is 5.41. The molecule has 0 bridgehead atoms. The predicted molar refractivity (Wildman–Crippen MR) is 73.5 cm³/mol. The van der Waals surface area contributed by atoms with Crippen LogP contribution in [0.1, 0.15) is 68.2 Å². The summed E-state index contributed by atoms with van der Waals surface area (Å²) in [5, 5.41) is 0. The molecule has 0 saturated carbocycles. The fourth-order valence-corrected chi connectivity index (χ4v) is 2.30. The summed E-state index contributed by atoms with van der Waals surface area (Å²) < 4.78 is 0. The minimum atomic E-state index is 0.359. The summed E-state index contributed by atoms with van der Waals surface area (Å²) in [6.07, 6.45) is 7.59. The molecule has 0 aromatic heterocycles. The van der Waals surface area contributed by atoms with Gasteiger partial charge in [0.05, 0.1) is 0 Å². The van der Waals surface area contributed by atoms with Gasteiger partial charge in [-0.15, -0.1) is 0 Å². The fraction of sp³-hybridized carbons (Fsp3) is 0.875. The highest BCUT2D eigenvalue weighted by Crippen LogP contribution is 2.54. The summed E-state index contributed by atoms with van der Waals surface area (Å²) in [7, 11) is 0. The largest absolute Gasteiger partial charge is 0.0815 e. The first-order chi connectivity index (χ1) is 6.91. The first kappa shape index (κ1) is 13.8. The van der Waals surface area contributed by atoms with Crippen LogP contribution in [0.3, 0.4) is 0 Å². The molecule has 16 heavy (non-hydrogen) atoms.